The first-order valence-corrected chi connectivity index (χ1v) is 7.06. The highest BCUT2D eigenvalue weighted by molar-refractivity contribution is 9.10. The van der Waals surface area contributed by atoms with Crippen LogP contribution in [0.1, 0.15) is 18.9 Å². The van der Waals surface area contributed by atoms with E-state index >= 15 is 0 Å². The Morgan fingerprint density at radius 3 is 2.89 bits per heavy atom. The Hall–Kier alpha value is -1.07. The lowest BCUT2D eigenvalue weighted by Crippen LogP contribution is -2.30. The molecule has 0 aliphatic heterocycles. The maximum atomic E-state index is 11.9. The molecule has 0 spiro atoms. The number of amides is 1. The van der Waals surface area contributed by atoms with Crippen LogP contribution in [0, 0.1) is 5.92 Å². The molecule has 1 amide bonds. The minimum atomic E-state index is -0.0406. The fraction of sp³-hybridized carbons (Fsp3) is 0.500. The molecule has 1 aromatic rings. The SMILES string of the molecule is COc1ccc(Br)cc1CC(=O)NCC(C)CCO. The Kier molecular flexibility index (Phi) is 6.87. The molecule has 1 unspecified atom stereocenters. The number of hydrogen-bond donors (Lipinski definition) is 2. The minimum absolute atomic E-state index is 0.0406. The lowest BCUT2D eigenvalue weighted by atomic mass is 10.1. The molecule has 1 atom stereocenters. The number of methoxy groups -OCH3 is 1. The van der Waals surface area contributed by atoms with Crippen LogP contribution >= 0.6 is 15.9 Å². The average Bonchev–Trinajstić information content (AvgIpc) is 2.37. The van der Waals surface area contributed by atoms with Gasteiger partial charge in [0.15, 0.2) is 0 Å². The van der Waals surface area contributed by atoms with Crippen molar-refractivity contribution in [3.63, 3.8) is 0 Å². The van der Waals surface area contributed by atoms with Gasteiger partial charge in [-0.15, -0.1) is 0 Å². The maximum Gasteiger partial charge on any atom is 0.224 e. The van der Waals surface area contributed by atoms with E-state index in [9.17, 15) is 4.79 Å². The molecule has 0 radical (unpaired) electrons. The predicted molar refractivity (Wildman–Crippen MR) is 78.3 cm³/mol. The third-order valence-corrected chi connectivity index (χ3v) is 3.36. The van der Waals surface area contributed by atoms with E-state index in [1.54, 1.807) is 7.11 Å². The zero-order valence-corrected chi connectivity index (χ0v) is 12.9. The van der Waals surface area contributed by atoms with Crippen LogP contribution in [0.4, 0.5) is 0 Å². The Bertz CT molecular complexity index is 423. The van der Waals surface area contributed by atoms with Crippen LogP contribution in [0.25, 0.3) is 0 Å². The first kappa shape index (κ1) is 16.0. The van der Waals surface area contributed by atoms with E-state index in [1.807, 2.05) is 25.1 Å². The summed E-state index contributed by atoms with van der Waals surface area (Å²) in [6.07, 6.45) is 0.981. The summed E-state index contributed by atoms with van der Waals surface area (Å²) >= 11 is 3.38. The molecule has 106 valence electrons. The Labute approximate surface area is 122 Å². The molecule has 0 saturated carbocycles. The second kappa shape index (κ2) is 8.17. The van der Waals surface area contributed by atoms with Crippen LogP contribution in [0.2, 0.25) is 0 Å². The number of halogens is 1. The molecule has 0 aliphatic rings. The number of aliphatic hydroxyl groups excluding tert-OH is 1. The molecule has 0 bridgehead atoms. The number of hydrogen-bond acceptors (Lipinski definition) is 3. The van der Waals surface area contributed by atoms with Gasteiger partial charge in [0.05, 0.1) is 13.5 Å². The number of carbonyl (C=O) groups excluding carboxylic acids is 1. The van der Waals surface area contributed by atoms with Crippen LogP contribution in [-0.2, 0) is 11.2 Å². The summed E-state index contributed by atoms with van der Waals surface area (Å²) in [4.78, 5) is 11.9. The zero-order chi connectivity index (χ0) is 14.3. The predicted octanol–water partition coefficient (Wildman–Crippen LogP) is 2.13. The van der Waals surface area contributed by atoms with Gasteiger partial charge in [-0.25, -0.2) is 0 Å². The van der Waals surface area contributed by atoms with E-state index in [0.717, 1.165) is 10.0 Å². The number of ether oxygens (including phenoxy) is 1. The lowest BCUT2D eigenvalue weighted by Gasteiger charge is -2.12. The molecule has 0 fully saturated rings. The third kappa shape index (κ3) is 5.61. The second-order valence-corrected chi connectivity index (χ2v) is 5.47. The van der Waals surface area contributed by atoms with Crippen LogP contribution in [0.15, 0.2) is 22.7 Å². The van der Waals surface area contributed by atoms with E-state index < -0.39 is 0 Å². The Morgan fingerprint density at radius 1 is 1.53 bits per heavy atom. The van der Waals surface area contributed by atoms with Gasteiger partial charge in [-0.2, -0.15) is 0 Å². The molecule has 0 aliphatic carbocycles. The van der Waals surface area contributed by atoms with Crippen molar-refractivity contribution in [2.24, 2.45) is 5.92 Å². The summed E-state index contributed by atoms with van der Waals surface area (Å²) in [5.41, 5.74) is 0.851. The first-order valence-electron chi connectivity index (χ1n) is 6.26. The average molecular weight is 330 g/mol. The van der Waals surface area contributed by atoms with E-state index in [4.69, 9.17) is 9.84 Å². The van der Waals surface area contributed by atoms with Gasteiger partial charge in [-0.05, 0) is 30.5 Å². The fourth-order valence-electron chi connectivity index (χ4n) is 1.73. The van der Waals surface area contributed by atoms with Crippen molar-refractivity contribution in [1.29, 1.82) is 0 Å². The smallest absolute Gasteiger partial charge is 0.224 e. The zero-order valence-electron chi connectivity index (χ0n) is 11.3. The van der Waals surface area contributed by atoms with Crippen LogP contribution < -0.4 is 10.1 Å². The van der Waals surface area contributed by atoms with Gasteiger partial charge in [0.2, 0.25) is 5.91 Å². The van der Waals surface area contributed by atoms with Crippen molar-refractivity contribution < 1.29 is 14.6 Å². The van der Waals surface area contributed by atoms with Crippen LogP contribution in [0.5, 0.6) is 5.75 Å². The summed E-state index contributed by atoms with van der Waals surface area (Å²) in [6.45, 7) is 2.72. The van der Waals surface area contributed by atoms with Crippen molar-refractivity contribution in [2.75, 3.05) is 20.3 Å². The molecule has 1 aromatic carbocycles. The molecule has 5 heteroatoms. The second-order valence-electron chi connectivity index (χ2n) is 4.55. The summed E-state index contributed by atoms with van der Waals surface area (Å²) < 4.78 is 6.15. The maximum absolute atomic E-state index is 11.9. The minimum Gasteiger partial charge on any atom is -0.496 e. The largest absolute Gasteiger partial charge is 0.496 e. The van der Waals surface area contributed by atoms with Crippen LogP contribution in [-0.4, -0.2) is 31.3 Å². The highest BCUT2D eigenvalue weighted by Gasteiger charge is 2.10. The Balaban J connectivity index is 2.54. The molecule has 4 nitrogen and oxygen atoms in total. The summed E-state index contributed by atoms with van der Waals surface area (Å²) in [6, 6.07) is 5.60. The Morgan fingerprint density at radius 2 is 2.26 bits per heavy atom. The highest BCUT2D eigenvalue weighted by Crippen LogP contribution is 2.23. The fourth-order valence-corrected chi connectivity index (χ4v) is 2.14. The van der Waals surface area contributed by atoms with Crippen molar-refractivity contribution in [1.82, 2.24) is 5.32 Å². The van der Waals surface area contributed by atoms with Crippen molar-refractivity contribution >= 4 is 21.8 Å². The topological polar surface area (TPSA) is 58.6 Å². The molecule has 2 N–H and O–H groups in total. The monoisotopic (exact) mass is 329 g/mol. The number of carbonyl (C=O) groups is 1. The molecule has 0 heterocycles. The molecular weight excluding hydrogens is 310 g/mol. The van der Waals surface area contributed by atoms with E-state index in [-0.39, 0.29) is 24.9 Å². The summed E-state index contributed by atoms with van der Waals surface area (Å²) in [5.74, 6) is 0.946. The summed E-state index contributed by atoms with van der Waals surface area (Å²) in [7, 11) is 1.59. The molecule has 1 rings (SSSR count). The highest BCUT2D eigenvalue weighted by atomic mass is 79.9. The van der Waals surface area contributed by atoms with Gasteiger partial charge in [-0.1, -0.05) is 22.9 Å². The van der Waals surface area contributed by atoms with Crippen LogP contribution in [0.3, 0.4) is 0 Å². The van der Waals surface area contributed by atoms with Gasteiger partial charge in [0, 0.05) is 23.2 Å². The van der Waals surface area contributed by atoms with Crippen molar-refractivity contribution in [2.45, 2.75) is 19.8 Å². The number of aliphatic hydroxyl groups is 1. The van der Waals surface area contributed by atoms with Gasteiger partial charge in [-0.3, -0.25) is 4.79 Å². The van der Waals surface area contributed by atoms with Gasteiger partial charge in [0.1, 0.15) is 5.75 Å². The number of nitrogens with one attached hydrogen (secondary N) is 1. The molecule has 19 heavy (non-hydrogen) atoms. The van der Waals surface area contributed by atoms with Crippen molar-refractivity contribution in [3.8, 4) is 5.75 Å². The van der Waals surface area contributed by atoms with Gasteiger partial charge in [0.25, 0.3) is 0 Å². The lowest BCUT2D eigenvalue weighted by molar-refractivity contribution is -0.120. The van der Waals surface area contributed by atoms with Gasteiger partial charge < -0.3 is 15.2 Å². The normalized spacial score (nSPS) is 12.0. The molecule has 0 aromatic heterocycles. The summed E-state index contributed by atoms with van der Waals surface area (Å²) in [5, 5.41) is 11.7. The standard InChI is InChI=1S/C14H20BrNO3/c1-10(5-6-17)9-16-14(18)8-11-7-12(15)3-4-13(11)19-2/h3-4,7,10,17H,5-6,8-9H2,1-2H3,(H,16,18). The third-order valence-electron chi connectivity index (χ3n) is 2.86. The molecular formula is C14H20BrNO3. The molecule has 0 saturated heterocycles. The van der Waals surface area contributed by atoms with Crippen molar-refractivity contribution in [3.05, 3.63) is 28.2 Å². The van der Waals surface area contributed by atoms with Gasteiger partial charge >= 0.3 is 0 Å². The first-order chi connectivity index (χ1) is 9.06. The van der Waals surface area contributed by atoms with E-state index in [1.165, 1.54) is 0 Å². The number of rotatable bonds is 7. The van der Waals surface area contributed by atoms with E-state index in [0.29, 0.717) is 18.7 Å². The number of benzene rings is 1. The quantitative estimate of drug-likeness (QED) is 0.805. The van der Waals surface area contributed by atoms with E-state index in [2.05, 4.69) is 21.2 Å².